The van der Waals surface area contributed by atoms with E-state index >= 15 is 0 Å². The van der Waals surface area contributed by atoms with Crippen LogP contribution in [0.2, 0.25) is 5.02 Å². The van der Waals surface area contributed by atoms with Crippen LogP contribution in [0.3, 0.4) is 0 Å². The Kier molecular flexibility index (Phi) is 5.59. The summed E-state index contributed by atoms with van der Waals surface area (Å²) in [5.74, 6) is -0.0789. The van der Waals surface area contributed by atoms with Gasteiger partial charge in [0.1, 0.15) is 11.6 Å². The Morgan fingerprint density at radius 3 is 2.59 bits per heavy atom. The quantitative estimate of drug-likeness (QED) is 0.387. The Labute approximate surface area is 173 Å². The van der Waals surface area contributed by atoms with E-state index < -0.39 is 11.6 Å². The lowest BCUT2D eigenvalue weighted by Gasteiger charge is -2.08. The smallest absolute Gasteiger partial charge is 0.258 e. The van der Waals surface area contributed by atoms with Crippen molar-refractivity contribution in [3.63, 3.8) is 0 Å². The van der Waals surface area contributed by atoms with Gasteiger partial charge in [-0.3, -0.25) is 0 Å². The van der Waals surface area contributed by atoms with Crippen molar-refractivity contribution in [2.75, 3.05) is 0 Å². The standard InChI is InChI=1S/C19H14ClF2N5OS/c1-2-27-17(16-13(21)7-4-8-14(16)22)24-25-19(27)29-10-15-23-18(28-26-15)11-5-3-6-12(20)9-11/h3-9H,2,10H2,1H3. The molecule has 0 fully saturated rings. The molecule has 0 spiro atoms. The molecule has 0 unspecified atom stereocenters. The number of hydrogen-bond donors (Lipinski definition) is 0. The van der Waals surface area contributed by atoms with Gasteiger partial charge >= 0.3 is 0 Å². The summed E-state index contributed by atoms with van der Waals surface area (Å²) in [4.78, 5) is 4.35. The van der Waals surface area contributed by atoms with E-state index in [2.05, 4.69) is 20.3 Å². The summed E-state index contributed by atoms with van der Waals surface area (Å²) in [7, 11) is 0. The molecule has 148 valence electrons. The Hall–Kier alpha value is -2.78. The van der Waals surface area contributed by atoms with Crippen LogP contribution >= 0.6 is 23.4 Å². The first-order chi connectivity index (χ1) is 14.1. The van der Waals surface area contributed by atoms with Crippen LogP contribution in [0.15, 0.2) is 52.1 Å². The van der Waals surface area contributed by atoms with Crippen molar-refractivity contribution in [3.8, 4) is 22.8 Å². The van der Waals surface area contributed by atoms with Crippen LogP contribution in [0.5, 0.6) is 0 Å². The van der Waals surface area contributed by atoms with Crippen LogP contribution in [0.25, 0.3) is 22.8 Å². The summed E-state index contributed by atoms with van der Waals surface area (Å²) in [6.45, 7) is 2.29. The molecular weight excluding hydrogens is 420 g/mol. The molecule has 29 heavy (non-hydrogen) atoms. The van der Waals surface area contributed by atoms with Gasteiger partial charge in [-0.1, -0.05) is 40.7 Å². The Balaban J connectivity index is 1.55. The maximum Gasteiger partial charge on any atom is 0.258 e. The third-order valence-electron chi connectivity index (χ3n) is 4.09. The topological polar surface area (TPSA) is 69.6 Å². The second-order valence-electron chi connectivity index (χ2n) is 5.96. The molecule has 0 bridgehead atoms. The van der Waals surface area contributed by atoms with E-state index in [-0.39, 0.29) is 11.4 Å². The van der Waals surface area contributed by atoms with E-state index in [1.807, 2.05) is 13.0 Å². The third-order valence-corrected chi connectivity index (χ3v) is 5.29. The van der Waals surface area contributed by atoms with Gasteiger partial charge in [-0.2, -0.15) is 4.98 Å². The van der Waals surface area contributed by atoms with Gasteiger partial charge in [-0.15, -0.1) is 10.2 Å². The predicted octanol–water partition coefficient (Wildman–Crippen LogP) is 5.24. The third kappa shape index (κ3) is 4.01. The molecule has 2 aromatic heterocycles. The highest BCUT2D eigenvalue weighted by Crippen LogP contribution is 2.29. The molecule has 4 rings (SSSR count). The lowest BCUT2D eigenvalue weighted by molar-refractivity contribution is 0.425. The molecule has 0 saturated heterocycles. The molecule has 4 aromatic rings. The number of halogens is 3. The second-order valence-corrected chi connectivity index (χ2v) is 7.34. The molecule has 6 nitrogen and oxygen atoms in total. The fourth-order valence-electron chi connectivity index (χ4n) is 2.76. The Morgan fingerprint density at radius 2 is 1.86 bits per heavy atom. The summed E-state index contributed by atoms with van der Waals surface area (Å²) < 4.78 is 35.2. The van der Waals surface area contributed by atoms with Gasteiger partial charge in [-0.25, -0.2) is 8.78 Å². The normalized spacial score (nSPS) is 11.2. The van der Waals surface area contributed by atoms with Crippen LogP contribution in [-0.4, -0.2) is 24.9 Å². The molecule has 0 aliphatic heterocycles. The maximum absolute atomic E-state index is 14.1. The molecule has 0 aliphatic rings. The molecule has 0 atom stereocenters. The summed E-state index contributed by atoms with van der Waals surface area (Å²) in [6.07, 6.45) is 0. The number of hydrogen-bond acceptors (Lipinski definition) is 6. The van der Waals surface area contributed by atoms with Gasteiger partial charge in [0.05, 0.1) is 11.3 Å². The van der Waals surface area contributed by atoms with Crippen molar-refractivity contribution in [1.82, 2.24) is 24.9 Å². The van der Waals surface area contributed by atoms with Crippen molar-refractivity contribution < 1.29 is 13.3 Å². The zero-order valence-corrected chi connectivity index (χ0v) is 16.7. The van der Waals surface area contributed by atoms with Crippen molar-refractivity contribution in [1.29, 1.82) is 0 Å². The maximum atomic E-state index is 14.1. The van der Waals surface area contributed by atoms with Crippen LogP contribution in [0.1, 0.15) is 12.7 Å². The Morgan fingerprint density at radius 1 is 1.10 bits per heavy atom. The number of nitrogens with zero attached hydrogens (tertiary/aromatic N) is 5. The fourth-order valence-corrected chi connectivity index (χ4v) is 3.79. The molecular formula is C19H14ClF2N5OS. The highest BCUT2D eigenvalue weighted by Gasteiger charge is 2.20. The summed E-state index contributed by atoms with van der Waals surface area (Å²) in [5.41, 5.74) is 0.520. The van der Waals surface area contributed by atoms with Crippen LogP contribution in [0.4, 0.5) is 8.78 Å². The SMILES string of the molecule is CCn1c(SCc2noc(-c3cccc(Cl)c3)n2)nnc1-c1c(F)cccc1F. The monoisotopic (exact) mass is 433 g/mol. The average molecular weight is 434 g/mol. The van der Waals surface area contributed by atoms with E-state index in [1.165, 1.54) is 30.0 Å². The number of rotatable bonds is 6. The lowest BCUT2D eigenvalue weighted by atomic mass is 10.2. The second kappa shape index (κ2) is 8.30. The van der Waals surface area contributed by atoms with Crippen LogP contribution < -0.4 is 0 Å². The molecule has 0 saturated carbocycles. The minimum absolute atomic E-state index is 0.137. The lowest BCUT2D eigenvalue weighted by Crippen LogP contribution is -2.03. The van der Waals surface area contributed by atoms with Gasteiger partial charge in [-0.05, 0) is 37.3 Å². The van der Waals surface area contributed by atoms with Crippen molar-refractivity contribution >= 4 is 23.4 Å². The van der Waals surface area contributed by atoms with Gasteiger partial charge in [0.15, 0.2) is 16.8 Å². The highest BCUT2D eigenvalue weighted by atomic mass is 35.5. The molecule has 0 radical (unpaired) electrons. The van der Waals surface area contributed by atoms with Crippen LogP contribution in [0, 0.1) is 11.6 Å². The van der Waals surface area contributed by atoms with Gasteiger partial charge in [0, 0.05) is 17.1 Å². The van der Waals surface area contributed by atoms with E-state index in [4.69, 9.17) is 16.1 Å². The predicted molar refractivity (Wildman–Crippen MR) is 105 cm³/mol. The van der Waals surface area contributed by atoms with Gasteiger partial charge in [0.2, 0.25) is 0 Å². The van der Waals surface area contributed by atoms with Crippen molar-refractivity contribution in [2.45, 2.75) is 24.4 Å². The Bertz CT molecular complexity index is 1140. The van der Waals surface area contributed by atoms with E-state index in [1.54, 1.807) is 22.8 Å². The average Bonchev–Trinajstić information content (AvgIpc) is 3.33. The van der Waals surface area contributed by atoms with E-state index in [0.29, 0.717) is 34.2 Å². The minimum atomic E-state index is -0.687. The molecule has 0 N–H and O–H groups in total. The molecule has 2 aromatic carbocycles. The van der Waals surface area contributed by atoms with E-state index in [0.717, 1.165) is 5.56 Å². The van der Waals surface area contributed by atoms with Crippen molar-refractivity contribution in [2.24, 2.45) is 0 Å². The number of aromatic nitrogens is 5. The largest absolute Gasteiger partial charge is 0.334 e. The first-order valence-corrected chi connectivity index (χ1v) is 10.0. The molecule has 0 aliphatic carbocycles. The van der Waals surface area contributed by atoms with Gasteiger partial charge in [0.25, 0.3) is 5.89 Å². The molecule has 2 heterocycles. The molecule has 0 amide bonds. The van der Waals surface area contributed by atoms with Crippen molar-refractivity contribution in [3.05, 3.63) is 64.9 Å². The minimum Gasteiger partial charge on any atom is -0.334 e. The van der Waals surface area contributed by atoms with Gasteiger partial charge < -0.3 is 9.09 Å². The molecule has 10 heteroatoms. The summed E-state index contributed by atoms with van der Waals surface area (Å²) in [6, 6.07) is 10.8. The first kappa shape index (κ1) is 19.5. The zero-order chi connectivity index (χ0) is 20.4. The zero-order valence-electron chi connectivity index (χ0n) is 15.1. The first-order valence-electron chi connectivity index (χ1n) is 8.65. The summed E-state index contributed by atoms with van der Waals surface area (Å²) >= 11 is 7.28. The highest BCUT2D eigenvalue weighted by molar-refractivity contribution is 7.98. The van der Waals surface area contributed by atoms with E-state index in [9.17, 15) is 8.78 Å². The number of thioether (sulfide) groups is 1. The summed E-state index contributed by atoms with van der Waals surface area (Å²) in [5, 5.41) is 13.1. The van der Waals surface area contributed by atoms with Crippen LogP contribution in [-0.2, 0) is 12.3 Å². The number of benzene rings is 2. The fraction of sp³-hybridized carbons (Fsp3) is 0.158.